The fourth-order valence-electron chi connectivity index (χ4n) is 3.34. The molecule has 18 heavy (non-hydrogen) atoms. The van der Waals surface area contributed by atoms with Crippen molar-refractivity contribution in [3.63, 3.8) is 0 Å². The molecule has 0 radical (unpaired) electrons. The lowest BCUT2D eigenvalue weighted by molar-refractivity contribution is -0.189. The van der Waals surface area contributed by atoms with Gasteiger partial charge in [-0.25, -0.2) is 0 Å². The van der Waals surface area contributed by atoms with E-state index < -0.39 is 12.1 Å². The van der Waals surface area contributed by atoms with Gasteiger partial charge in [0.25, 0.3) is 0 Å². The largest absolute Gasteiger partial charge is 0.391 e. The van der Waals surface area contributed by atoms with Gasteiger partial charge in [-0.2, -0.15) is 13.2 Å². The number of nitrogens with zero attached hydrogens (tertiary/aromatic N) is 1. The summed E-state index contributed by atoms with van der Waals surface area (Å²) in [4.78, 5) is 2.26. The molecule has 0 unspecified atom stereocenters. The fraction of sp³-hybridized carbons (Fsp3) is 1.00. The number of rotatable bonds is 4. The monoisotopic (exact) mass is 266 g/mol. The van der Waals surface area contributed by atoms with Crippen LogP contribution in [0.2, 0.25) is 0 Å². The van der Waals surface area contributed by atoms with Crippen LogP contribution >= 0.6 is 0 Å². The Balaban J connectivity index is 2.76. The highest BCUT2D eigenvalue weighted by Crippen LogP contribution is 2.43. The zero-order valence-corrected chi connectivity index (χ0v) is 11.6. The molecule has 0 spiro atoms. The maximum absolute atomic E-state index is 12.7. The molecule has 2 nitrogen and oxygen atoms in total. The lowest BCUT2D eigenvalue weighted by Crippen LogP contribution is -2.58. The van der Waals surface area contributed by atoms with Gasteiger partial charge < -0.3 is 5.73 Å². The van der Waals surface area contributed by atoms with Crippen LogP contribution in [0.25, 0.3) is 0 Å². The molecule has 5 heteroatoms. The van der Waals surface area contributed by atoms with Crippen LogP contribution in [0, 0.1) is 5.92 Å². The Morgan fingerprint density at radius 2 is 1.78 bits per heavy atom. The van der Waals surface area contributed by atoms with E-state index in [1.807, 2.05) is 6.92 Å². The summed E-state index contributed by atoms with van der Waals surface area (Å²) in [7, 11) is 0. The van der Waals surface area contributed by atoms with Crippen molar-refractivity contribution in [2.45, 2.75) is 64.2 Å². The predicted molar refractivity (Wildman–Crippen MR) is 67.3 cm³/mol. The van der Waals surface area contributed by atoms with E-state index >= 15 is 0 Å². The number of hydrogen-bond acceptors (Lipinski definition) is 2. The molecule has 0 aromatic heterocycles. The second kappa shape index (κ2) is 5.78. The number of likely N-dealkylation sites (N-methyl/N-ethyl adjacent to an activating group) is 1. The van der Waals surface area contributed by atoms with E-state index in [-0.39, 0.29) is 18.4 Å². The van der Waals surface area contributed by atoms with Crippen molar-refractivity contribution in [2.24, 2.45) is 11.7 Å². The summed E-state index contributed by atoms with van der Waals surface area (Å²) in [5.41, 5.74) is 5.65. The Hall–Kier alpha value is -0.290. The number of alkyl halides is 3. The van der Waals surface area contributed by atoms with Crippen molar-refractivity contribution in [1.82, 2.24) is 4.90 Å². The van der Waals surface area contributed by atoms with Crippen molar-refractivity contribution in [3.05, 3.63) is 0 Å². The first-order valence-corrected chi connectivity index (χ1v) is 6.80. The highest BCUT2D eigenvalue weighted by Gasteiger charge is 2.47. The molecule has 1 saturated carbocycles. The number of halogens is 3. The van der Waals surface area contributed by atoms with Crippen LogP contribution in [0.1, 0.15) is 46.5 Å². The zero-order valence-electron chi connectivity index (χ0n) is 11.6. The minimum Gasteiger partial charge on any atom is -0.329 e. The zero-order chi connectivity index (χ0) is 14.0. The molecule has 0 bridgehead atoms. The summed E-state index contributed by atoms with van der Waals surface area (Å²) in [5, 5.41) is 0. The molecule has 108 valence electrons. The van der Waals surface area contributed by atoms with E-state index in [0.29, 0.717) is 25.4 Å². The lowest BCUT2D eigenvalue weighted by atomic mass is 9.74. The molecule has 2 N–H and O–H groups in total. The molecule has 0 amide bonds. The summed E-state index contributed by atoms with van der Waals surface area (Å²) in [6.07, 6.45) is -2.51. The summed E-state index contributed by atoms with van der Waals surface area (Å²) >= 11 is 0. The number of nitrogens with two attached hydrogens (primary N) is 1. The van der Waals surface area contributed by atoms with Crippen molar-refractivity contribution in [3.8, 4) is 0 Å². The molecule has 1 fully saturated rings. The molecule has 0 saturated heterocycles. The van der Waals surface area contributed by atoms with Crippen LogP contribution in [0.3, 0.4) is 0 Å². The normalized spacial score (nSPS) is 30.2. The van der Waals surface area contributed by atoms with E-state index in [1.54, 1.807) is 0 Å². The molecule has 0 aliphatic heterocycles. The molecule has 0 atom stereocenters. The summed E-state index contributed by atoms with van der Waals surface area (Å²) < 4.78 is 38.1. The molecular formula is C13H25F3N2. The lowest BCUT2D eigenvalue weighted by Gasteiger charge is -2.49. The molecule has 1 aliphatic carbocycles. The van der Waals surface area contributed by atoms with E-state index in [1.165, 1.54) is 0 Å². The van der Waals surface area contributed by atoms with Gasteiger partial charge in [0.15, 0.2) is 0 Å². The van der Waals surface area contributed by atoms with Gasteiger partial charge in [-0.05, 0) is 46.1 Å². The van der Waals surface area contributed by atoms with Gasteiger partial charge in [0.1, 0.15) is 0 Å². The Bertz CT molecular complexity index is 255. The Kier molecular flexibility index (Phi) is 5.06. The van der Waals surface area contributed by atoms with Gasteiger partial charge in [-0.15, -0.1) is 0 Å². The smallest absolute Gasteiger partial charge is 0.329 e. The Morgan fingerprint density at radius 1 is 1.28 bits per heavy atom. The van der Waals surface area contributed by atoms with Crippen LogP contribution in [0.5, 0.6) is 0 Å². The van der Waals surface area contributed by atoms with Crippen molar-refractivity contribution < 1.29 is 13.2 Å². The Morgan fingerprint density at radius 3 is 2.06 bits per heavy atom. The first kappa shape index (κ1) is 15.8. The summed E-state index contributed by atoms with van der Waals surface area (Å²) in [6.45, 7) is 7.50. The van der Waals surface area contributed by atoms with Crippen molar-refractivity contribution >= 4 is 0 Å². The quantitative estimate of drug-likeness (QED) is 0.847. The van der Waals surface area contributed by atoms with Crippen LogP contribution < -0.4 is 5.73 Å². The van der Waals surface area contributed by atoms with Crippen LogP contribution in [0.4, 0.5) is 13.2 Å². The van der Waals surface area contributed by atoms with Gasteiger partial charge in [-0.1, -0.05) is 6.92 Å². The maximum atomic E-state index is 12.7. The second-order valence-corrected chi connectivity index (χ2v) is 5.62. The molecule has 0 aromatic carbocycles. The molecule has 1 aliphatic rings. The van der Waals surface area contributed by atoms with Crippen LogP contribution in [0.15, 0.2) is 0 Å². The average Bonchev–Trinajstić information content (AvgIpc) is 2.28. The minimum atomic E-state index is -4.05. The standard InChI is InChI=1S/C13H25F3N2/c1-4-18(10(2)3)12(9-17)7-5-11(6-8-12)13(14,15)16/h10-11H,4-9,17H2,1-3H3. The van der Waals surface area contributed by atoms with E-state index in [4.69, 9.17) is 5.73 Å². The third-order valence-electron chi connectivity index (χ3n) is 4.33. The predicted octanol–water partition coefficient (Wildman–Crippen LogP) is 3.17. The average molecular weight is 266 g/mol. The van der Waals surface area contributed by atoms with Crippen molar-refractivity contribution in [2.75, 3.05) is 13.1 Å². The van der Waals surface area contributed by atoms with Gasteiger partial charge in [-0.3, -0.25) is 4.90 Å². The van der Waals surface area contributed by atoms with E-state index in [2.05, 4.69) is 18.7 Å². The first-order chi connectivity index (χ1) is 8.27. The van der Waals surface area contributed by atoms with Gasteiger partial charge in [0.2, 0.25) is 0 Å². The second-order valence-electron chi connectivity index (χ2n) is 5.62. The Labute approximate surface area is 108 Å². The summed E-state index contributed by atoms with van der Waals surface area (Å²) in [5.74, 6) is -1.14. The van der Waals surface area contributed by atoms with E-state index in [9.17, 15) is 13.2 Å². The SMILES string of the molecule is CCN(C(C)C)C1(CN)CCC(C(F)(F)F)CC1. The third kappa shape index (κ3) is 3.18. The summed E-state index contributed by atoms with van der Waals surface area (Å²) in [6, 6.07) is 0.320. The highest BCUT2D eigenvalue weighted by atomic mass is 19.4. The van der Waals surface area contributed by atoms with E-state index in [0.717, 1.165) is 6.54 Å². The highest BCUT2D eigenvalue weighted by molar-refractivity contribution is 4.97. The minimum absolute atomic E-state index is 0.212. The van der Waals surface area contributed by atoms with Gasteiger partial charge in [0, 0.05) is 18.1 Å². The fourth-order valence-corrected chi connectivity index (χ4v) is 3.34. The topological polar surface area (TPSA) is 29.3 Å². The molecular weight excluding hydrogens is 241 g/mol. The van der Waals surface area contributed by atoms with Crippen molar-refractivity contribution in [1.29, 1.82) is 0 Å². The molecule has 0 heterocycles. The molecule has 0 aromatic rings. The van der Waals surface area contributed by atoms with Crippen LogP contribution in [-0.2, 0) is 0 Å². The van der Waals surface area contributed by atoms with Gasteiger partial charge >= 0.3 is 6.18 Å². The van der Waals surface area contributed by atoms with Crippen LogP contribution in [-0.4, -0.2) is 35.7 Å². The van der Waals surface area contributed by atoms with Gasteiger partial charge in [0.05, 0.1) is 5.92 Å². The third-order valence-corrected chi connectivity index (χ3v) is 4.33. The molecule has 1 rings (SSSR count). The number of hydrogen-bond donors (Lipinski definition) is 1. The first-order valence-electron chi connectivity index (χ1n) is 6.80. The maximum Gasteiger partial charge on any atom is 0.391 e.